The molecule has 0 radical (unpaired) electrons. The number of carboxylic acids is 1. The number of aliphatic carboxylic acids is 1. The number of carbonyl (C=O) groups is 2. The van der Waals surface area contributed by atoms with Crippen molar-refractivity contribution >= 4 is 33.5 Å². The number of nitro groups is 1. The highest BCUT2D eigenvalue weighted by molar-refractivity contribution is 9.10. The summed E-state index contributed by atoms with van der Waals surface area (Å²) in [6, 6.07) is 3.51. The van der Waals surface area contributed by atoms with E-state index in [0.29, 0.717) is 29.4 Å². The van der Waals surface area contributed by atoms with Gasteiger partial charge in [0.25, 0.3) is 11.6 Å². The lowest BCUT2D eigenvalue weighted by atomic mass is 9.90. The zero-order valence-electron chi connectivity index (χ0n) is 11.9. The van der Waals surface area contributed by atoms with Crippen LogP contribution in [-0.2, 0) is 4.79 Å². The number of halogens is 1. The van der Waals surface area contributed by atoms with Gasteiger partial charge in [-0.25, -0.2) is 0 Å². The van der Waals surface area contributed by atoms with Gasteiger partial charge >= 0.3 is 5.97 Å². The summed E-state index contributed by atoms with van der Waals surface area (Å²) in [6.45, 7) is 2.20. The SMILES string of the molecule is C[C@@H]1[C@H](C(=O)O)CCCN1C(=O)c1ccc([N+](=O)[O-])cc1Br. The Balaban J connectivity index is 2.27. The van der Waals surface area contributed by atoms with Gasteiger partial charge in [0.1, 0.15) is 0 Å². The monoisotopic (exact) mass is 370 g/mol. The van der Waals surface area contributed by atoms with Gasteiger partial charge in [-0.2, -0.15) is 0 Å². The van der Waals surface area contributed by atoms with E-state index in [1.807, 2.05) is 0 Å². The van der Waals surface area contributed by atoms with Crippen molar-refractivity contribution in [2.24, 2.45) is 5.92 Å². The Bertz CT molecular complexity index is 634. The molecule has 1 heterocycles. The topological polar surface area (TPSA) is 101 Å². The number of carboxylic acid groups (broad SMARTS) is 1. The lowest BCUT2D eigenvalue weighted by Crippen LogP contribution is -2.49. The minimum absolute atomic E-state index is 0.112. The van der Waals surface area contributed by atoms with Gasteiger partial charge in [-0.05, 0) is 41.8 Å². The Morgan fingerprint density at radius 1 is 1.45 bits per heavy atom. The van der Waals surface area contributed by atoms with Crippen molar-refractivity contribution < 1.29 is 19.6 Å². The predicted molar refractivity (Wildman–Crippen MR) is 81.7 cm³/mol. The van der Waals surface area contributed by atoms with Gasteiger partial charge in [-0.15, -0.1) is 0 Å². The van der Waals surface area contributed by atoms with E-state index in [1.165, 1.54) is 23.1 Å². The number of non-ortho nitro benzene ring substituents is 1. The molecule has 1 N–H and O–H groups in total. The first kappa shape index (κ1) is 16.4. The van der Waals surface area contributed by atoms with E-state index in [2.05, 4.69) is 15.9 Å². The zero-order valence-corrected chi connectivity index (χ0v) is 13.4. The molecule has 0 spiro atoms. The van der Waals surface area contributed by atoms with Crippen LogP contribution in [0.4, 0.5) is 5.69 Å². The van der Waals surface area contributed by atoms with E-state index in [1.54, 1.807) is 6.92 Å². The van der Waals surface area contributed by atoms with Gasteiger partial charge < -0.3 is 10.0 Å². The molecule has 118 valence electrons. The molecule has 2 rings (SSSR count). The summed E-state index contributed by atoms with van der Waals surface area (Å²) in [5.41, 5.74) is 0.182. The second-order valence-corrected chi connectivity index (χ2v) is 6.10. The van der Waals surface area contributed by atoms with Gasteiger partial charge in [0.15, 0.2) is 0 Å². The molecule has 22 heavy (non-hydrogen) atoms. The molecule has 0 bridgehead atoms. The van der Waals surface area contributed by atoms with Gasteiger partial charge in [-0.3, -0.25) is 19.7 Å². The molecule has 1 aliphatic rings. The third-order valence-corrected chi connectivity index (χ3v) is 4.62. The second kappa shape index (κ2) is 6.43. The van der Waals surface area contributed by atoms with Gasteiger partial charge in [0, 0.05) is 29.2 Å². The standard InChI is InChI=1S/C14H15BrN2O5/c1-8-10(14(19)20)3-2-6-16(8)13(18)11-5-4-9(17(21)22)7-12(11)15/h4-5,7-8,10H,2-3,6H2,1H3,(H,19,20)/t8-,10-/m1/s1. The van der Waals surface area contributed by atoms with Crippen molar-refractivity contribution in [3.05, 3.63) is 38.3 Å². The fourth-order valence-electron chi connectivity index (χ4n) is 2.71. The Morgan fingerprint density at radius 2 is 2.14 bits per heavy atom. The van der Waals surface area contributed by atoms with E-state index in [4.69, 9.17) is 0 Å². The first-order valence-electron chi connectivity index (χ1n) is 6.80. The van der Waals surface area contributed by atoms with Gasteiger partial charge in [-0.1, -0.05) is 0 Å². The summed E-state index contributed by atoms with van der Waals surface area (Å²) in [7, 11) is 0. The average molecular weight is 371 g/mol. The van der Waals surface area contributed by atoms with Crippen molar-refractivity contribution in [1.82, 2.24) is 4.90 Å². The first-order valence-corrected chi connectivity index (χ1v) is 7.60. The third kappa shape index (κ3) is 3.11. The van der Waals surface area contributed by atoms with Crippen molar-refractivity contribution in [2.75, 3.05) is 6.54 Å². The number of carbonyl (C=O) groups excluding carboxylic acids is 1. The summed E-state index contributed by atoms with van der Waals surface area (Å²) >= 11 is 3.18. The highest BCUT2D eigenvalue weighted by Gasteiger charge is 2.36. The van der Waals surface area contributed by atoms with Crippen molar-refractivity contribution in [2.45, 2.75) is 25.8 Å². The number of nitrogens with zero attached hydrogens (tertiary/aromatic N) is 2. The maximum absolute atomic E-state index is 12.6. The molecule has 1 fully saturated rings. The minimum atomic E-state index is -0.909. The highest BCUT2D eigenvalue weighted by atomic mass is 79.9. The van der Waals surface area contributed by atoms with Crippen LogP contribution in [0.5, 0.6) is 0 Å². The summed E-state index contributed by atoms with van der Waals surface area (Å²) < 4.78 is 0.330. The van der Waals surface area contributed by atoms with E-state index in [9.17, 15) is 24.8 Å². The van der Waals surface area contributed by atoms with Crippen LogP contribution in [0.2, 0.25) is 0 Å². The number of likely N-dealkylation sites (tertiary alicyclic amines) is 1. The number of nitro benzene ring substituents is 1. The van der Waals surface area contributed by atoms with Crippen LogP contribution in [0.15, 0.2) is 22.7 Å². The molecule has 1 aromatic rings. The molecule has 1 saturated heterocycles. The Kier molecular flexibility index (Phi) is 4.80. The molecule has 0 aromatic heterocycles. The maximum atomic E-state index is 12.6. The molecule has 0 unspecified atom stereocenters. The average Bonchev–Trinajstić information content (AvgIpc) is 2.46. The minimum Gasteiger partial charge on any atom is -0.481 e. The van der Waals surface area contributed by atoms with Gasteiger partial charge in [0.05, 0.1) is 16.4 Å². The van der Waals surface area contributed by atoms with Crippen LogP contribution in [0.25, 0.3) is 0 Å². The van der Waals surface area contributed by atoms with Crippen LogP contribution in [0.1, 0.15) is 30.1 Å². The van der Waals surface area contributed by atoms with Crippen LogP contribution in [0.3, 0.4) is 0 Å². The van der Waals surface area contributed by atoms with Crippen LogP contribution < -0.4 is 0 Å². The number of hydrogen-bond acceptors (Lipinski definition) is 4. The number of hydrogen-bond donors (Lipinski definition) is 1. The third-order valence-electron chi connectivity index (χ3n) is 3.96. The molecule has 0 aliphatic carbocycles. The quantitative estimate of drug-likeness (QED) is 0.650. The second-order valence-electron chi connectivity index (χ2n) is 5.25. The van der Waals surface area contributed by atoms with Crippen molar-refractivity contribution in [1.29, 1.82) is 0 Å². The number of amides is 1. The van der Waals surface area contributed by atoms with Crippen LogP contribution in [-0.4, -0.2) is 39.4 Å². The largest absolute Gasteiger partial charge is 0.481 e. The number of piperidine rings is 1. The molecule has 1 aliphatic heterocycles. The summed E-state index contributed by atoms with van der Waals surface area (Å²) in [5.74, 6) is -1.82. The van der Waals surface area contributed by atoms with E-state index >= 15 is 0 Å². The molecular formula is C14H15BrN2O5. The van der Waals surface area contributed by atoms with Crippen molar-refractivity contribution in [3.63, 3.8) is 0 Å². The van der Waals surface area contributed by atoms with Gasteiger partial charge in [0.2, 0.25) is 0 Å². The smallest absolute Gasteiger partial charge is 0.308 e. The molecule has 1 amide bonds. The number of rotatable bonds is 3. The Morgan fingerprint density at radius 3 is 2.68 bits per heavy atom. The summed E-state index contributed by atoms with van der Waals surface area (Å²) in [4.78, 5) is 35.6. The fraction of sp³-hybridized carbons (Fsp3) is 0.429. The molecule has 1 aromatic carbocycles. The molecular weight excluding hydrogens is 356 g/mol. The zero-order chi connectivity index (χ0) is 16.4. The van der Waals surface area contributed by atoms with E-state index < -0.39 is 22.9 Å². The predicted octanol–water partition coefficient (Wildman–Crippen LogP) is 2.68. The Hall–Kier alpha value is -1.96. The molecule has 0 saturated carbocycles. The molecule has 8 heteroatoms. The highest BCUT2D eigenvalue weighted by Crippen LogP contribution is 2.29. The van der Waals surface area contributed by atoms with Crippen LogP contribution in [0, 0.1) is 16.0 Å². The number of benzene rings is 1. The fourth-order valence-corrected chi connectivity index (χ4v) is 3.24. The normalized spacial score (nSPS) is 21.5. The Labute approximate surface area is 135 Å². The van der Waals surface area contributed by atoms with E-state index in [0.717, 1.165) is 0 Å². The first-order chi connectivity index (χ1) is 10.3. The molecule has 7 nitrogen and oxygen atoms in total. The summed E-state index contributed by atoms with van der Waals surface area (Å²) in [6.07, 6.45) is 1.17. The lowest BCUT2D eigenvalue weighted by Gasteiger charge is -2.37. The van der Waals surface area contributed by atoms with Crippen LogP contribution >= 0.6 is 15.9 Å². The summed E-state index contributed by atoms with van der Waals surface area (Å²) in [5, 5.41) is 19.9. The van der Waals surface area contributed by atoms with E-state index in [-0.39, 0.29) is 11.6 Å². The maximum Gasteiger partial charge on any atom is 0.308 e. The lowest BCUT2D eigenvalue weighted by molar-refractivity contribution is -0.384. The molecule has 2 atom stereocenters. The van der Waals surface area contributed by atoms with Crippen molar-refractivity contribution in [3.8, 4) is 0 Å².